The summed E-state index contributed by atoms with van der Waals surface area (Å²) in [7, 11) is 1.51. The van der Waals surface area contributed by atoms with Crippen LogP contribution in [-0.2, 0) is 12.1 Å². The van der Waals surface area contributed by atoms with Crippen LogP contribution in [-0.4, -0.2) is 23.9 Å². The summed E-state index contributed by atoms with van der Waals surface area (Å²) < 4.78 is 5.47. The Morgan fingerprint density at radius 3 is 1.65 bits per heavy atom. The fourth-order valence-corrected chi connectivity index (χ4v) is 4.78. The molecule has 4 aromatic carbocycles. The summed E-state index contributed by atoms with van der Waals surface area (Å²) in [6.07, 6.45) is 1.67. The van der Waals surface area contributed by atoms with E-state index in [0.717, 1.165) is 22.4 Å². The van der Waals surface area contributed by atoms with Gasteiger partial charge >= 0.3 is 0 Å². The van der Waals surface area contributed by atoms with E-state index in [4.69, 9.17) is 4.74 Å². The fraction of sp³-hybridized carbons (Fsp3) is 0.0882. The predicted octanol–water partition coefficient (Wildman–Crippen LogP) is 5.74. The number of hydrogen-bond donors (Lipinski definition) is 2. The van der Waals surface area contributed by atoms with E-state index in [1.54, 1.807) is 24.4 Å². The van der Waals surface area contributed by atoms with E-state index in [1.165, 1.54) is 7.11 Å². The molecule has 0 aliphatic carbocycles. The van der Waals surface area contributed by atoms with E-state index in [-0.39, 0.29) is 18.4 Å². The standard InChI is InChI=1S/C34H29N3O3/c1-40-31-22-25(32(38)36-24-30-19-11-12-20-35-30)21-26(23-31)33(39)37-34(27-13-5-2-6-14-27,28-15-7-3-8-16-28)29-17-9-4-10-18-29/h2-23H,24H2,1H3,(H,36,38)(H,37,39). The smallest absolute Gasteiger partial charge is 0.252 e. The van der Waals surface area contributed by atoms with Crippen molar-refractivity contribution in [3.8, 4) is 5.75 Å². The van der Waals surface area contributed by atoms with Gasteiger partial charge in [0.15, 0.2) is 0 Å². The first kappa shape index (κ1) is 26.4. The average Bonchev–Trinajstić information content (AvgIpc) is 3.04. The van der Waals surface area contributed by atoms with Crippen LogP contribution in [0.4, 0.5) is 0 Å². The number of methoxy groups -OCH3 is 1. The molecule has 40 heavy (non-hydrogen) atoms. The van der Waals surface area contributed by atoms with E-state index >= 15 is 0 Å². The number of aromatic nitrogens is 1. The maximum Gasteiger partial charge on any atom is 0.252 e. The summed E-state index contributed by atoms with van der Waals surface area (Å²) in [6, 6.07) is 39.9. The second-order valence-corrected chi connectivity index (χ2v) is 9.26. The quantitative estimate of drug-likeness (QED) is 0.240. The van der Waals surface area contributed by atoms with Crippen LogP contribution in [0.3, 0.4) is 0 Å². The Bertz CT molecular complexity index is 1480. The summed E-state index contributed by atoms with van der Waals surface area (Å²) in [5.74, 6) is -0.284. The molecule has 0 radical (unpaired) electrons. The van der Waals surface area contributed by atoms with Gasteiger partial charge in [0.25, 0.3) is 11.8 Å². The molecule has 0 aliphatic rings. The number of hydrogen-bond acceptors (Lipinski definition) is 4. The Kier molecular flexibility index (Phi) is 7.97. The molecular formula is C34H29N3O3. The van der Waals surface area contributed by atoms with Crippen molar-refractivity contribution in [1.29, 1.82) is 0 Å². The molecular weight excluding hydrogens is 498 g/mol. The van der Waals surface area contributed by atoms with Crippen LogP contribution in [0.1, 0.15) is 43.1 Å². The minimum Gasteiger partial charge on any atom is -0.497 e. The zero-order valence-corrected chi connectivity index (χ0v) is 22.1. The minimum absolute atomic E-state index is 0.261. The molecule has 0 atom stereocenters. The highest BCUT2D eigenvalue weighted by Crippen LogP contribution is 2.37. The van der Waals surface area contributed by atoms with Crippen LogP contribution in [0.25, 0.3) is 0 Å². The van der Waals surface area contributed by atoms with Gasteiger partial charge in [0.05, 0.1) is 19.3 Å². The van der Waals surface area contributed by atoms with Gasteiger partial charge in [0.2, 0.25) is 0 Å². The van der Waals surface area contributed by atoms with Crippen LogP contribution >= 0.6 is 0 Å². The normalized spacial score (nSPS) is 10.9. The van der Waals surface area contributed by atoms with Crippen LogP contribution in [0.5, 0.6) is 5.75 Å². The monoisotopic (exact) mass is 527 g/mol. The van der Waals surface area contributed by atoms with Gasteiger partial charge in [-0.15, -0.1) is 0 Å². The van der Waals surface area contributed by atoms with Gasteiger partial charge < -0.3 is 15.4 Å². The second kappa shape index (κ2) is 12.1. The van der Waals surface area contributed by atoms with Crippen LogP contribution in [0, 0.1) is 0 Å². The van der Waals surface area contributed by atoms with Crippen molar-refractivity contribution in [3.05, 3.63) is 167 Å². The third kappa shape index (κ3) is 5.61. The molecule has 6 nitrogen and oxygen atoms in total. The molecule has 0 saturated carbocycles. The molecule has 5 aromatic rings. The number of carbonyl (C=O) groups excluding carboxylic acids is 2. The first-order valence-electron chi connectivity index (χ1n) is 13.0. The Morgan fingerprint density at radius 2 is 1.18 bits per heavy atom. The van der Waals surface area contributed by atoms with Crippen LogP contribution in [0.15, 0.2) is 134 Å². The topological polar surface area (TPSA) is 80.3 Å². The molecule has 0 fully saturated rings. The molecule has 198 valence electrons. The lowest BCUT2D eigenvalue weighted by atomic mass is 9.76. The highest BCUT2D eigenvalue weighted by molar-refractivity contribution is 6.01. The molecule has 0 aliphatic heterocycles. The summed E-state index contributed by atoms with van der Waals surface area (Å²) >= 11 is 0. The van der Waals surface area contributed by atoms with Crippen LogP contribution in [0.2, 0.25) is 0 Å². The van der Waals surface area contributed by atoms with Gasteiger partial charge in [-0.1, -0.05) is 97.1 Å². The molecule has 1 heterocycles. The third-order valence-corrected chi connectivity index (χ3v) is 6.74. The largest absolute Gasteiger partial charge is 0.497 e. The van der Waals surface area contributed by atoms with E-state index in [9.17, 15) is 9.59 Å². The molecule has 0 bridgehead atoms. The Morgan fingerprint density at radius 1 is 0.675 bits per heavy atom. The zero-order chi connectivity index (χ0) is 27.8. The number of amides is 2. The number of nitrogens with zero attached hydrogens (tertiary/aromatic N) is 1. The Hall–Kier alpha value is -5.23. The first-order chi connectivity index (χ1) is 19.6. The van der Waals surface area contributed by atoms with Crippen molar-refractivity contribution in [3.63, 3.8) is 0 Å². The third-order valence-electron chi connectivity index (χ3n) is 6.74. The Labute approximate surface area is 233 Å². The number of nitrogens with one attached hydrogen (secondary N) is 2. The number of rotatable bonds is 9. The summed E-state index contributed by atoms with van der Waals surface area (Å²) in [5.41, 5.74) is 3.05. The maximum absolute atomic E-state index is 14.1. The van der Waals surface area contributed by atoms with Gasteiger partial charge in [0, 0.05) is 17.3 Å². The lowest BCUT2D eigenvalue weighted by Gasteiger charge is -2.37. The molecule has 2 N–H and O–H groups in total. The lowest BCUT2D eigenvalue weighted by molar-refractivity contribution is 0.0924. The van der Waals surface area contributed by atoms with Crippen molar-refractivity contribution in [2.24, 2.45) is 0 Å². The molecule has 0 unspecified atom stereocenters. The van der Waals surface area contributed by atoms with Crippen molar-refractivity contribution < 1.29 is 14.3 Å². The predicted molar refractivity (Wildman–Crippen MR) is 155 cm³/mol. The number of benzene rings is 4. The molecule has 2 amide bonds. The highest BCUT2D eigenvalue weighted by Gasteiger charge is 2.38. The Balaban J connectivity index is 1.55. The van der Waals surface area contributed by atoms with Gasteiger partial charge in [-0.05, 0) is 47.0 Å². The SMILES string of the molecule is COc1cc(C(=O)NCc2ccccn2)cc(C(=O)NC(c2ccccc2)(c2ccccc2)c2ccccc2)c1. The van der Waals surface area contributed by atoms with Crippen molar-refractivity contribution in [1.82, 2.24) is 15.6 Å². The van der Waals surface area contributed by atoms with E-state index in [2.05, 4.69) is 15.6 Å². The van der Waals surface area contributed by atoms with Crippen molar-refractivity contribution >= 4 is 11.8 Å². The molecule has 1 aromatic heterocycles. The molecule has 0 saturated heterocycles. The van der Waals surface area contributed by atoms with Crippen molar-refractivity contribution in [2.75, 3.05) is 7.11 Å². The average molecular weight is 528 g/mol. The summed E-state index contributed by atoms with van der Waals surface area (Å²) in [5, 5.41) is 6.20. The summed E-state index contributed by atoms with van der Waals surface area (Å²) in [4.78, 5) is 31.4. The van der Waals surface area contributed by atoms with E-state index < -0.39 is 5.54 Å². The minimum atomic E-state index is -0.995. The maximum atomic E-state index is 14.1. The first-order valence-corrected chi connectivity index (χ1v) is 13.0. The number of ether oxygens (including phenoxy) is 1. The number of pyridine rings is 1. The molecule has 6 heteroatoms. The van der Waals surface area contributed by atoms with Crippen LogP contribution < -0.4 is 15.4 Å². The lowest BCUT2D eigenvalue weighted by Crippen LogP contribution is -2.47. The zero-order valence-electron chi connectivity index (χ0n) is 22.1. The van der Waals surface area contributed by atoms with Gasteiger partial charge in [-0.3, -0.25) is 14.6 Å². The molecule has 0 spiro atoms. The second-order valence-electron chi connectivity index (χ2n) is 9.26. The van der Waals surface area contributed by atoms with Crippen molar-refractivity contribution in [2.45, 2.75) is 12.1 Å². The summed E-state index contributed by atoms with van der Waals surface area (Å²) in [6.45, 7) is 0.261. The number of carbonyl (C=O) groups is 2. The van der Waals surface area contributed by atoms with E-state index in [0.29, 0.717) is 16.9 Å². The highest BCUT2D eigenvalue weighted by atomic mass is 16.5. The fourth-order valence-electron chi connectivity index (χ4n) is 4.78. The van der Waals surface area contributed by atoms with E-state index in [1.807, 2.05) is 109 Å². The van der Waals surface area contributed by atoms with Gasteiger partial charge in [-0.2, -0.15) is 0 Å². The van der Waals surface area contributed by atoms with Gasteiger partial charge in [0.1, 0.15) is 11.3 Å². The molecule has 5 rings (SSSR count). The van der Waals surface area contributed by atoms with Gasteiger partial charge in [-0.25, -0.2) is 0 Å².